The number of aryl methyl sites for hydroxylation is 1. The average molecular weight is 368 g/mol. The number of anilines is 2. The monoisotopic (exact) mass is 368 g/mol. The highest BCUT2D eigenvalue weighted by atomic mass is 16.5. The second kappa shape index (κ2) is 7.31. The second-order valence-corrected chi connectivity index (χ2v) is 6.98. The summed E-state index contributed by atoms with van der Waals surface area (Å²) in [5.74, 6) is 0.809. The van der Waals surface area contributed by atoms with Gasteiger partial charge in [0.05, 0.1) is 12.3 Å². The van der Waals surface area contributed by atoms with Gasteiger partial charge in [0.1, 0.15) is 18.0 Å². The molecule has 6 nitrogen and oxygen atoms in total. The first-order valence-corrected chi connectivity index (χ1v) is 8.94. The molecule has 0 aromatic heterocycles. The summed E-state index contributed by atoms with van der Waals surface area (Å²) < 4.78 is 11.2. The van der Waals surface area contributed by atoms with Crippen LogP contribution in [-0.4, -0.2) is 30.6 Å². The third kappa shape index (κ3) is 4.05. The van der Waals surface area contributed by atoms with Crippen molar-refractivity contribution in [2.24, 2.45) is 0 Å². The molecule has 1 N–H and O–H groups in total. The lowest BCUT2D eigenvalue weighted by molar-refractivity contribution is -0.133. The Balaban J connectivity index is 1.78. The van der Waals surface area contributed by atoms with Crippen LogP contribution in [0.25, 0.3) is 0 Å². The van der Waals surface area contributed by atoms with Crippen LogP contribution in [0.15, 0.2) is 42.5 Å². The summed E-state index contributed by atoms with van der Waals surface area (Å²) in [4.78, 5) is 26.9. The van der Waals surface area contributed by atoms with Crippen LogP contribution < -0.4 is 19.7 Å². The van der Waals surface area contributed by atoms with Gasteiger partial charge in [-0.15, -0.1) is 0 Å². The fraction of sp³-hybridized carbons (Fsp3) is 0.333. The van der Waals surface area contributed by atoms with Crippen molar-refractivity contribution in [2.75, 3.05) is 23.4 Å². The molecule has 0 radical (unpaired) electrons. The van der Waals surface area contributed by atoms with Crippen molar-refractivity contribution in [3.05, 3.63) is 48.0 Å². The van der Waals surface area contributed by atoms with E-state index in [4.69, 9.17) is 9.47 Å². The first-order chi connectivity index (χ1) is 12.8. The number of carbonyl (C=O) groups is 2. The summed E-state index contributed by atoms with van der Waals surface area (Å²) in [7, 11) is 0. The number of carbonyl (C=O) groups excluding carboxylic acids is 2. The zero-order valence-electron chi connectivity index (χ0n) is 16.0. The van der Waals surface area contributed by atoms with E-state index in [-0.39, 0.29) is 18.4 Å². The second-order valence-electron chi connectivity index (χ2n) is 6.98. The maximum absolute atomic E-state index is 12.8. The lowest BCUT2D eigenvalue weighted by Crippen LogP contribution is -2.54. The Morgan fingerprint density at radius 2 is 1.89 bits per heavy atom. The highest BCUT2D eigenvalue weighted by molar-refractivity contribution is 6.07. The molecule has 142 valence electrons. The molecule has 1 aliphatic heterocycles. The first kappa shape index (κ1) is 18.8. The largest absolute Gasteiger partial charge is 0.494 e. The van der Waals surface area contributed by atoms with Gasteiger partial charge in [-0.1, -0.05) is 6.07 Å². The molecule has 2 aromatic rings. The van der Waals surface area contributed by atoms with Gasteiger partial charge in [-0.3, -0.25) is 14.5 Å². The van der Waals surface area contributed by atoms with Gasteiger partial charge in [-0.25, -0.2) is 0 Å². The van der Waals surface area contributed by atoms with Gasteiger partial charge in [-0.2, -0.15) is 0 Å². The molecular formula is C21H24N2O4. The Hall–Kier alpha value is -3.02. The Morgan fingerprint density at radius 1 is 1.19 bits per heavy atom. The van der Waals surface area contributed by atoms with Gasteiger partial charge in [0.25, 0.3) is 5.91 Å². The van der Waals surface area contributed by atoms with E-state index in [1.807, 2.05) is 32.0 Å². The first-order valence-electron chi connectivity index (χ1n) is 8.94. The minimum atomic E-state index is -1.03. The number of benzene rings is 2. The molecule has 27 heavy (non-hydrogen) atoms. The fourth-order valence-corrected chi connectivity index (χ4v) is 2.98. The summed E-state index contributed by atoms with van der Waals surface area (Å²) in [6.45, 7) is 7.75. The van der Waals surface area contributed by atoms with Crippen LogP contribution in [0.4, 0.5) is 11.4 Å². The van der Waals surface area contributed by atoms with E-state index in [0.29, 0.717) is 23.7 Å². The smallest absolute Gasteiger partial charge is 0.271 e. The number of nitrogens with one attached hydrogen (secondary N) is 1. The molecular weight excluding hydrogens is 344 g/mol. The normalized spacial score (nSPS) is 15.0. The average Bonchev–Trinajstić information content (AvgIpc) is 2.61. The van der Waals surface area contributed by atoms with E-state index in [1.54, 1.807) is 38.1 Å². The number of amides is 2. The molecule has 0 unspecified atom stereocenters. The number of fused-ring (bicyclic) bond motifs is 1. The van der Waals surface area contributed by atoms with E-state index in [1.165, 1.54) is 4.90 Å². The minimum absolute atomic E-state index is 0.0880. The summed E-state index contributed by atoms with van der Waals surface area (Å²) in [5.41, 5.74) is 1.22. The van der Waals surface area contributed by atoms with Crippen LogP contribution in [-0.2, 0) is 9.59 Å². The van der Waals surface area contributed by atoms with Crippen LogP contribution in [0.5, 0.6) is 11.5 Å². The van der Waals surface area contributed by atoms with Crippen LogP contribution >= 0.6 is 0 Å². The SMILES string of the molecule is CCOc1ccc(NC(=O)CN2C(=O)C(C)(C)Oc3ccc(C)cc32)cc1. The third-order valence-corrected chi connectivity index (χ3v) is 4.28. The number of rotatable bonds is 5. The highest BCUT2D eigenvalue weighted by Crippen LogP contribution is 2.38. The molecule has 0 fully saturated rings. The molecule has 0 bridgehead atoms. The van der Waals surface area contributed by atoms with Crippen molar-refractivity contribution in [3.63, 3.8) is 0 Å². The van der Waals surface area contributed by atoms with E-state index >= 15 is 0 Å². The van der Waals surface area contributed by atoms with Crippen LogP contribution in [0, 0.1) is 6.92 Å². The Bertz CT molecular complexity index is 859. The minimum Gasteiger partial charge on any atom is -0.494 e. The van der Waals surface area contributed by atoms with E-state index in [2.05, 4.69) is 5.32 Å². The van der Waals surface area contributed by atoms with Crippen molar-refractivity contribution in [2.45, 2.75) is 33.3 Å². The molecule has 2 aromatic carbocycles. The molecule has 0 aliphatic carbocycles. The summed E-state index contributed by atoms with van der Waals surface area (Å²) in [6.07, 6.45) is 0. The molecule has 6 heteroatoms. The Labute approximate surface area is 159 Å². The van der Waals surface area contributed by atoms with Gasteiger partial charge in [0.15, 0.2) is 5.60 Å². The predicted molar refractivity (Wildman–Crippen MR) is 104 cm³/mol. The topological polar surface area (TPSA) is 67.9 Å². The third-order valence-electron chi connectivity index (χ3n) is 4.28. The molecule has 1 heterocycles. The Morgan fingerprint density at radius 3 is 2.56 bits per heavy atom. The van der Waals surface area contributed by atoms with Crippen molar-refractivity contribution in [1.29, 1.82) is 0 Å². The van der Waals surface area contributed by atoms with Crippen molar-refractivity contribution < 1.29 is 19.1 Å². The summed E-state index contributed by atoms with van der Waals surface area (Å²) in [5, 5.41) is 2.82. The standard InChI is InChI=1S/C21H24N2O4/c1-5-26-16-9-7-15(8-10-16)22-19(24)13-23-17-12-14(2)6-11-18(17)27-21(3,4)20(23)25/h6-12H,5,13H2,1-4H3,(H,22,24). The molecule has 0 saturated heterocycles. The van der Waals surface area contributed by atoms with Crippen LogP contribution in [0.1, 0.15) is 26.3 Å². The molecule has 0 saturated carbocycles. The van der Waals surface area contributed by atoms with Crippen LogP contribution in [0.3, 0.4) is 0 Å². The number of hydrogen-bond donors (Lipinski definition) is 1. The zero-order valence-corrected chi connectivity index (χ0v) is 16.0. The lowest BCUT2D eigenvalue weighted by Gasteiger charge is -2.38. The quantitative estimate of drug-likeness (QED) is 0.877. The van der Waals surface area contributed by atoms with E-state index in [9.17, 15) is 9.59 Å². The summed E-state index contributed by atoms with van der Waals surface area (Å²) in [6, 6.07) is 12.7. The van der Waals surface area contributed by atoms with E-state index in [0.717, 1.165) is 11.3 Å². The van der Waals surface area contributed by atoms with Crippen molar-refractivity contribution >= 4 is 23.2 Å². The Kier molecular flexibility index (Phi) is 5.08. The number of hydrogen-bond acceptors (Lipinski definition) is 4. The fourth-order valence-electron chi connectivity index (χ4n) is 2.98. The molecule has 2 amide bonds. The molecule has 1 aliphatic rings. The van der Waals surface area contributed by atoms with Crippen molar-refractivity contribution in [1.82, 2.24) is 0 Å². The number of nitrogens with zero attached hydrogens (tertiary/aromatic N) is 1. The molecule has 0 spiro atoms. The van der Waals surface area contributed by atoms with Gasteiger partial charge in [0.2, 0.25) is 5.91 Å². The molecule has 0 atom stereocenters. The maximum atomic E-state index is 12.8. The van der Waals surface area contributed by atoms with Gasteiger partial charge in [0, 0.05) is 5.69 Å². The van der Waals surface area contributed by atoms with Crippen molar-refractivity contribution in [3.8, 4) is 11.5 Å². The molecule has 3 rings (SSSR count). The van der Waals surface area contributed by atoms with E-state index < -0.39 is 5.60 Å². The lowest BCUT2D eigenvalue weighted by atomic mass is 10.0. The highest BCUT2D eigenvalue weighted by Gasteiger charge is 2.41. The maximum Gasteiger partial charge on any atom is 0.271 e. The van der Waals surface area contributed by atoms with Gasteiger partial charge in [-0.05, 0) is 69.7 Å². The predicted octanol–water partition coefficient (Wildman–Crippen LogP) is 3.54. The number of ether oxygens (including phenoxy) is 2. The van der Waals surface area contributed by atoms with Gasteiger partial charge >= 0.3 is 0 Å². The zero-order chi connectivity index (χ0) is 19.6. The summed E-state index contributed by atoms with van der Waals surface area (Å²) >= 11 is 0. The van der Waals surface area contributed by atoms with Crippen LogP contribution in [0.2, 0.25) is 0 Å². The van der Waals surface area contributed by atoms with Gasteiger partial charge < -0.3 is 14.8 Å².